The highest BCUT2D eigenvalue weighted by Gasteiger charge is 2.08. The molecule has 3 aromatic rings. The number of aromatic nitrogens is 3. The van der Waals surface area contributed by atoms with Crippen LogP contribution in [0, 0.1) is 6.92 Å². The van der Waals surface area contributed by atoms with E-state index in [4.69, 9.17) is 10.2 Å². The summed E-state index contributed by atoms with van der Waals surface area (Å²) in [6, 6.07) is 5.91. The fraction of sp³-hybridized carbons (Fsp3) is 0.167. The summed E-state index contributed by atoms with van der Waals surface area (Å²) in [6.45, 7) is 2.49. The standard InChI is InChI=1S/C12H12N4O/c1-8-3-2-4-10-12(8)17-11(15-10)7-16-6-9(13)5-14-16/h2-6H,7,13H2,1H3. The Kier molecular flexibility index (Phi) is 2.11. The Morgan fingerprint density at radius 2 is 2.29 bits per heavy atom. The van der Waals surface area contributed by atoms with Crippen molar-refractivity contribution >= 4 is 16.8 Å². The Labute approximate surface area is 97.9 Å². The third-order valence-corrected chi connectivity index (χ3v) is 2.61. The molecule has 0 saturated carbocycles. The molecule has 5 nitrogen and oxygen atoms in total. The molecule has 3 rings (SSSR count). The van der Waals surface area contributed by atoms with Crippen molar-refractivity contribution in [1.29, 1.82) is 0 Å². The Hall–Kier alpha value is -2.30. The summed E-state index contributed by atoms with van der Waals surface area (Å²) in [5, 5.41) is 4.10. The Morgan fingerprint density at radius 3 is 3.00 bits per heavy atom. The molecule has 0 aliphatic heterocycles. The zero-order valence-electron chi connectivity index (χ0n) is 9.42. The maximum absolute atomic E-state index is 5.70. The van der Waals surface area contributed by atoms with E-state index in [1.54, 1.807) is 17.1 Å². The van der Waals surface area contributed by atoms with Crippen molar-refractivity contribution in [3.8, 4) is 0 Å². The van der Waals surface area contributed by atoms with E-state index in [1.165, 1.54) is 0 Å². The van der Waals surface area contributed by atoms with Crippen LogP contribution in [0.1, 0.15) is 11.5 Å². The lowest BCUT2D eigenvalue weighted by Crippen LogP contribution is -1.99. The van der Waals surface area contributed by atoms with Crippen LogP contribution in [0.4, 0.5) is 5.69 Å². The Bertz CT molecular complexity index is 668. The predicted molar refractivity (Wildman–Crippen MR) is 64.5 cm³/mol. The first-order valence-corrected chi connectivity index (χ1v) is 5.35. The van der Waals surface area contributed by atoms with Gasteiger partial charge in [-0.2, -0.15) is 5.10 Å². The van der Waals surface area contributed by atoms with Crippen LogP contribution in [0.25, 0.3) is 11.1 Å². The minimum atomic E-state index is 0.491. The molecular formula is C12H12N4O. The molecule has 0 amide bonds. The first kappa shape index (κ1) is 9.89. The number of nitrogen functional groups attached to an aromatic ring is 1. The van der Waals surface area contributed by atoms with E-state index in [-0.39, 0.29) is 0 Å². The van der Waals surface area contributed by atoms with Crippen LogP contribution < -0.4 is 5.73 Å². The van der Waals surface area contributed by atoms with Gasteiger partial charge in [0.2, 0.25) is 5.89 Å². The van der Waals surface area contributed by atoms with Crippen molar-refractivity contribution in [2.24, 2.45) is 0 Å². The Morgan fingerprint density at radius 1 is 1.41 bits per heavy atom. The number of nitrogens with zero attached hydrogens (tertiary/aromatic N) is 3. The molecule has 0 spiro atoms. The van der Waals surface area contributed by atoms with Crippen molar-refractivity contribution in [2.45, 2.75) is 13.5 Å². The molecule has 0 bridgehead atoms. The molecule has 17 heavy (non-hydrogen) atoms. The second-order valence-corrected chi connectivity index (χ2v) is 4.00. The highest BCUT2D eigenvalue weighted by Crippen LogP contribution is 2.19. The fourth-order valence-corrected chi connectivity index (χ4v) is 1.81. The lowest BCUT2D eigenvalue weighted by atomic mass is 10.2. The molecule has 0 aliphatic carbocycles. The Balaban J connectivity index is 1.98. The average Bonchev–Trinajstić information content (AvgIpc) is 2.86. The zero-order chi connectivity index (χ0) is 11.8. The van der Waals surface area contributed by atoms with E-state index < -0.39 is 0 Å². The highest BCUT2D eigenvalue weighted by atomic mass is 16.3. The molecular weight excluding hydrogens is 216 g/mol. The van der Waals surface area contributed by atoms with Gasteiger partial charge in [-0.05, 0) is 18.6 Å². The van der Waals surface area contributed by atoms with Gasteiger partial charge in [-0.3, -0.25) is 4.68 Å². The second-order valence-electron chi connectivity index (χ2n) is 4.00. The summed E-state index contributed by atoms with van der Waals surface area (Å²) < 4.78 is 7.40. The van der Waals surface area contributed by atoms with Gasteiger partial charge in [-0.15, -0.1) is 0 Å². The summed E-state index contributed by atoms with van der Waals surface area (Å²) in [6.07, 6.45) is 3.36. The molecule has 2 aromatic heterocycles. The van der Waals surface area contributed by atoms with E-state index in [0.29, 0.717) is 18.1 Å². The normalized spacial score (nSPS) is 11.1. The monoisotopic (exact) mass is 228 g/mol. The number of hydrogen-bond acceptors (Lipinski definition) is 4. The second kappa shape index (κ2) is 3.62. The summed E-state index contributed by atoms with van der Waals surface area (Å²) in [5.41, 5.74) is 9.03. The summed E-state index contributed by atoms with van der Waals surface area (Å²) in [7, 11) is 0. The molecule has 2 heterocycles. The molecule has 0 radical (unpaired) electrons. The van der Waals surface area contributed by atoms with Crippen LogP contribution in [-0.2, 0) is 6.54 Å². The smallest absolute Gasteiger partial charge is 0.217 e. The van der Waals surface area contributed by atoms with Gasteiger partial charge in [-0.1, -0.05) is 12.1 Å². The van der Waals surface area contributed by atoms with Gasteiger partial charge >= 0.3 is 0 Å². The number of rotatable bonds is 2. The van der Waals surface area contributed by atoms with Gasteiger partial charge in [0.05, 0.1) is 11.9 Å². The molecule has 86 valence electrons. The first-order valence-electron chi connectivity index (χ1n) is 5.35. The van der Waals surface area contributed by atoms with Crippen LogP contribution in [0.3, 0.4) is 0 Å². The topological polar surface area (TPSA) is 69.9 Å². The number of para-hydroxylation sites is 1. The van der Waals surface area contributed by atoms with Gasteiger partial charge in [0.25, 0.3) is 0 Å². The van der Waals surface area contributed by atoms with Crippen LogP contribution >= 0.6 is 0 Å². The molecule has 1 aromatic carbocycles. The minimum absolute atomic E-state index is 0.491. The molecule has 0 atom stereocenters. The third kappa shape index (κ3) is 1.75. The van der Waals surface area contributed by atoms with Gasteiger partial charge in [0.15, 0.2) is 5.58 Å². The zero-order valence-corrected chi connectivity index (χ0v) is 9.42. The summed E-state index contributed by atoms with van der Waals surface area (Å²) in [5.74, 6) is 0.636. The largest absolute Gasteiger partial charge is 0.438 e. The maximum Gasteiger partial charge on any atom is 0.217 e. The number of anilines is 1. The average molecular weight is 228 g/mol. The summed E-state index contributed by atoms with van der Waals surface area (Å²) in [4.78, 5) is 4.41. The number of nitrogens with two attached hydrogens (primary N) is 1. The van der Waals surface area contributed by atoms with E-state index in [2.05, 4.69) is 10.1 Å². The van der Waals surface area contributed by atoms with E-state index in [0.717, 1.165) is 16.7 Å². The van der Waals surface area contributed by atoms with E-state index in [9.17, 15) is 0 Å². The van der Waals surface area contributed by atoms with E-state index in [1.807, 2.05) is 25.1 Å². The van der Waals surface area contributed by atoms with Crippen molar-refractivity contribution in [3.63, 3.8) is 0 Å². The van der Waals surface area contributed by atoms with Gasteiger partial charge < -0.3 is 10.2 Å². The molecule has 0 unspecified atom stereocenters. The number of oxazole rings is 1. The van der Waals surface area contributed by atoms with Crippen molar-refractivity contribution in [3.05, 3.63) is 42.0 Å². The molecule has 2 N–H and O–H groups in total. The molecule has 0 aliphatic rings. The van der Waals surface area contributed by atoms with Crippen molar-refractivity contribution in [1.82, 2.24) is 14.8 Å². The summed E-state index contributed by atoms with van der Waals surface area (Å²) >= 11 is 0. The van der Waals surface area contributed by atoms with Gasteiger partial charge in [-0.25, -0.2) is 4.98 Å². The SMILES string of the molecule is Cc1cccc2nc(Cn3cc(N)cn3)oc12. The molecule has 0 saturated heterocycles. The number of benzene rings is 1. The number of hydrogen-bond donors (Lipinski definition) is 1. The fourth-order valence-electron chi connectivity index (χ4n) is 1.81. The number of fused-ring (bicyclic) bond motifs is 1. The highest BCUT2D eigenvalue weighted by molar-refractivity contribution is 5.75. The molecule has 0 fully saturated rings. The maximum atomic E-state index is 5.70. The van der Waals surface area contributed by atoms with Crippen LogP contribution in [0.2, 0.25) is 0 Å². The van der Waals surface area contributed by atoms with Crippen LogP contribution in [0.5, 0.6) is 0 Å². The molecule has 5 heteroatoms. The van der Waals surface area contributed by atoms with Crippen LogP contribution in [-0.4, -0.2) is 14.8 Å². The van der Waals surface area contributed by atoms with E-state index >= 15 is 0 Å². The van der Waals surface area contributed by atoms with Gasteiger partial charge in [0, 0.05) is 6.20 Å². The minimum Gasteiger partial charge on any atom is -0.438 e. The van der Waals surface area contributed by atoms with Crippen molar-refractivity contribution in [2.75, 3.05) is 5.73 Å². The lowest BCUT2D eigenvalue weighted by molar-refractivity contribution is 0.490. The lowest BCUT2D eigenvalue weighted by Gasteiger charge is -1.94. The van der Waals surface area contributed by atoms with Crippen molar-refractivity contribution < 1.29 is 4.42 Å². The quantitative estimate of drug-likeness (QED) is 0.728. The third-order valence-electron chi connectivity index (χ3n) is 2.61. The van der Waals surface area contributed by atoms with Gasteiger partial charge in [0.1, 0.15) is 12.1 Å². The van der Waals surface area contributed by atoms with Crippen LogP contribution in [0.15, 0.2) is 35.0 Å². The number of aryl methyl sites for hydroxylation is 1. The first-order chi connectivity index (χ1) is 8.22. The predicted octanol–water partition coefficient (Wildman–Crippen LogP) is 1.96.